The van der Waals surface area contributed by atoms with Crippen LogP contribution in [-0.4, -0.2) is 28.4 Å². The predicted octanol–water partition coefficient (Wildman–Crippen LogP) is 3.76. The van der Waals surface area contributed by atoms with Crippen molar-refractivity contribution in [3.63, 3.8) is 0 Å². The second kappa shape index (κ2) is 5.06. The van der Waals surface area contributed by atoms with Crippen LogP contribution in [-0.2, 0) is 0 Å². The number of aromatic nitrogens is 1. The number of rotatable bonds is 1. The molecule has 2 aromatic rings. The number of pyridine rings is 1. The molecule has 0 N–H and O–H groups in total. The van der Waals surface area contributed by atoms with E-state index in [4.69, 9.17) is 11.6 Å². The Morgan fingerprint density at radius 3 is 2.80 bits per heavy atom. The van der Waals surface area contributed by atoms with Crippen molar-refractivity contribution < 1.29 is 4.79 Å². The van der Waals surface area contributed by atoms with Crippen LogP contribution in [0.3, 0.4) is 0 Å². The zero-order chi connectivity index (χ0) is 14.3. The van der Waals surface area contributed by atoms with Gasteiger partial charge in [-0.1, -0.05) is 42.8 Å². The van der Waals surface area contributed by atoms with Crippen molar-refractivity contribution in [2.45, 2.75) is 26.3 Å². The first-order valence-corrected chi connectivity index (χ1v) is 7.30. The Morgan fingerprint density at radius 1 is 1.35 bits per heavy atom. The molecule has 1 fully saturated rings. The number of nitrogens with zero attached hydrogens (tertiary/aromatic N) is 2. The van der Waals surface area contributed by atoms with Gasteiger partial charge >= 0.3 is 0 Å². The monoisotopic (exact) mass is 288 g/mol. The van der Waals surface area contributed by atoms with E-state index in [0.29, 0.717) is 16.8 Å². The molecule has 1 aromatic heterocycles. The Labute approximate surface area is 123 Å². The average Bonchev–Trinajstić information content (AvgIpc) is 2.77. The van der Waals surface area contributed by atoms with Crippen LogP contribution < -0.4 is 0 Å². The largest absolute Gasteiger partial charge is 0.334 e. The van der Waals surface area contributed by atoms with Crippen LogP contribution in [0.25, 0.3) is 10.8 Å². The van der Waals surface area contributed by atoms with E-state index in [0.717, 1.165) is 23.7 Å². The number of likely N-dealkylation sites (tertiary alicyclic amines) is 1. The first-order chi connectivity index (χ1) is 9.56. The summed E-state index contributed by atoms with van der Waals surface area (Å²) in [4.78, 5) is 18.8. The fraction of sp³-hybridized carbons (Fsp3) is 0.375. The van der Waals surface area contributed by atoms with Crippen LogP contribution in [0, 0.1) is 5.92 Å². The summed E-state index contributed by atoms with van der Waals surface area (Å²) in [5.74, 6) is 0.527. The Morgan fingerprint density at radius 2 is 2.10 bits per heavy atom. The van der Waals surface area contributed by atoms with Crippen molar-refractivity contribution in [2.75, 3.05) is 6.54 Å². The van der Waals surface area contributed by atoms with Gasteiger partial charge in [-0.05, 0) is 30.7 Å². The van der Waals surface area contributed by atoms with E-state index in [1.54, 1.807) is 0 Å². The molecule has 1 amide bonds. The van der Waals surface area contributed by atoms with E-state index >= 15 is 0 Å². The maximum atomic E-state index is 12.6. The normalized spacial score (nSPS) is 22.4. The van der Waals surface area contributed by atoms with Crippen molar-refractivity contribution in [1.82, 2.24) is 9.88 Å². The summed E-state index contributed by atoms with van der Waals surface area (Å²) in [7, 11) is 0. The molecular formula is C16H17ClN2O. The van der Waals surface area contributed by atoms with Crippen molar-refractivity contribution in [2.24, 2.45) is 5.92 Å². The molecule has 4 heteroatoms. The Kier molecular flexibility index (Phi) is 3.38. The minimum absolute atomic E-state index is 0.0190. The molecule has 2 atom stereocenters. The predicted molar refractivity (Wildman–Crippen MR) is 81.0 cm³/mol. The fourth-order valence-corrected chi connectivity index (χ4v) is 3.26. The molecule has 0 radical (unpaired) electrons. The first-order valence-electron chi connectivity index (χ1n) is 6.92. The fourth-order valence-electron chi connectivity index (χ4n) is 3.00. The first kappa shape index (κ1) is 13.4. The molecule has 2 heterocycles. The van der Waals surface area contributed by atoms with Crippen molar-refractivity contribution in [3.05, 3.63) is 41.2 Å². The zero-order valence-electron chi connectivity index (χ0n) is 11.6. The summed E-state index contributed by atoms with van der Waals surface area (Å²) in [6, 6.07) is 9.83. The lowest BCUT2D eigenvalue weighted by Gasteiger charge is -2.21. The summed E-state index contributed by atoms with van der Waals surface area (Å²) in [5, 5.41) is 2.23. The molecular weight excluding hydrogens is 272 g/mol. The van der Waals surface area contributed by atoms with Crippen LogP contribution in [0.2, 0.25) is 5.15 Å². The number of halogens is 1. The number of hydrogen-bond acceptors (Lipinski definition) is 2. The second-order valence-corrected chi connectivity index (χ2v) is 6.02. The number of hydrogen-bond donors (Lipinski definition) is 0. The van der Waals surface area contributed by atoms with E-state index in [2.05, 4.69) is 18.8 Å². The molecule has 104 valence electrons. The third-order valence-corrected chi connectivity index (χ3v) is 4.25. The average molecular weight is 289 g/mol. The standard InChI is InChI=1S/C16H17ClN2O/c1-10-7-11(2)19(9-10)16(20)14-8-12-5-3-4-6-13(12)15(17)18-14/h3-6,8,10-11H,7,9H2,1-2H3. The van der Waals surface area contributed by atoms with Gasteiger partial charge in [0.2, 0.25) is 0 Å². The molecule has 0 aliphatic carbocycles. The third-order valence-electron chi connectivity index (χ3n) is 3.96. The van der Waals surface area contributed by atoms with Gasteiger partial charge in [0, 0.05) is 18.0 Å². The molecule has 0 saturated carbocycles. The lowest BCUT2D eigenvalue weighted by molar-refractivity contribution is 0.0738. The number of benzene rings is 1. The maximum absolute atomic E-state index is 12.6. The molecule has 3 nitrogen and oxygen atoms in total. The summed E-state index contributed by atoms with van der Waals surface area (Å²) in [5.41, 5.74) is 0.439. The van der Waals surface area contributed by atoms with E-state index in [-0.39, 0.29) is 11.9 Å². The van der Waals surface area contributed by atoms with E-state index in [1.165, 1.54) is 0 Å². The van der Waals surface area contributed by atoms with Gasteiger partial charge in [0.25, 0.3) is 5.91 Å². The van der Waals surface area contributed by atoms with Crippen molar-refractivity contribution in [3.8, 4) is 0 Å². The summed E-state index contributed by atoms with van der Waals surface area (Å²) < 4.78 is 0. The molecule has 1 aliphatic heterocycles. The number of fused-ring (bicyclic) bond motifs is 1. The van der Waals surface area contributed by atoms with E-state index < -0.39 is 0 Å². The molecule has 2 unspecified atom stereocenters. The molecule has 1 aromatic carbocycles. The van der Waals surface area contributed by atoms with Gasteiger partial charge in [-0.3, -0.25) is 4.79 Å². The lowest BCUT2D eigenvalue weighted by Crippen LogP contribution is -2.34. The van der Waals surface area contributed by atoms with E-state index in [9.17, 15) is 4.79 Å². The van der Waals surface area contributed by atoms with Crippen LogP contribution >= 0.6 is 11.6 Å². The van der Waals surface area contributed by atoms with Gasteiger partial charge in [-0.15, -0.1) is 0 Å². The SMILES string of the molecule is CC1CC(C)N(C(=O)c2cc3ccccc3c(Cl)n2)C1. The zero-order valence-corrected chi connectivity index (χ0v) is 12.4. The number of carbonyl (C=O) groups is 1. The van der Waals surface area contributed by atoms with Crippen molar-refractivity contribution >= 4 is 28.3 Å². The minimum Gasteiger partial charge on any atom is -0.334 e. The molecule has 20 heavy (non-hydrogen) atoms. The number of carbonyl (C=O) groups excluding carboxylic acids is 1. The van der Waals surface area contributed by atoms with Crippen LogP contribution in [0.4, 0.5) is 0 Å². The van der Waals surface area contributed by atoms with Crippen molar-refractivity contribution in [1.29, 1.82) is 0 Å². The van der Waals surface area contributed by atoms with Gasteiger partial charge in [-0.2, -0.15) is 0 Å². The molecule has 1 saturated heterocycles. The highest BCUT2D eigenvalue weighted by atomic mass is 35.5. The van der Waals surface area contributed by atoms with Crippen LogP contribution in [0.15, 0.2) is 30.3 Å². The Hall–Kier alpha value is -1.61. The van der Waals surface area contributed by atoms with Gasteiger partial charge < -0.3 is 4.90 Å². The highest BCUT2D eigenvalue weighted by Crippen LogP contribution is 2.27. The topological polar surface area (TPSA) is 33.2 Å². The molecule has 3 rings (SSSR count). The number of amides is 1. The molecule has 0 bridgehead atoms. The van der Waals surface area contributed by atoms with Crippen LogP contribution in [0.5, 0.6) is 0 Å². The maximum Gasteiger partial charge on any atom is 0.272 e. The third kappa shape index (κ3) is 2.27. The minimum atomic E-state index is -0.0190. The van der Waals surface area contributed by atoms with Crippen LogP contribution in [0.1, 0.15) is 30.8 Å². The summed E-state index contributed by atoms with van der Waals surface area (Å²) in [6.07, 6.45) is 1.05. The summed E-state index contributed by atoms with van der Waals surface area (Å²) >= 11 is 6.20. The summed E-state index contributed by atoms with van der Waals surface area (Å²) in [6.45, 7) is 5.06. The highest BCUT2D eigenvalue weighted by molar-refractivity contribution is 6.34. The lowest BCUT2D eigenvalue weighted by atomic mass is 10.1. The van der Waals surface area contributed by atoms with E-state index in [1.807, 2.05) is 35.2 Å². The quantitative estimate of drug-likeness (QED) is 0.749. The Bertz CT molecular complexity index is 671. The smallest absolute Gasteiger partial charge is 0.272 e. The molecule has 0 spiro atoms. The molecule has 1 aliphatic rings. The highest BCUT2D eigenvalue weighted by Gasteiger charge is 2.31. The van der Waals surface area contributed by atoms with Gasteiger partial charge in [-0.25, -0.2) is 4.98 Å². The Balaban J connectivity index is 2.00. The van der Waals surface area contributed by atoms with Gasteiger partial charge in [0.05, 0.1) is 0 Å². The second-order valence-electron chi connectivity index (χ2n) is 5.67. The van der Waals surface area contributed by atoms with Gasteiger partial charge in [0.15, 0.2) is 0 Å². The van der Waals surface area contributed by atoms with Gasteiger partial charge in [0.1, 0.15) is 10.8 Å².